The number of nitrogens with two attached hydrogens (primary N) is 1. The topological polar surface area (TPSA) is 90.4 Å². The Kier molecular flexibility index (Phi) is 3.97. The predicted octanol–water partition coefficient (Wildman–Crippen LogP) is 0.855. The minimum absolute atomic E-state index is 0.0712. The predicted molar refractivity (Wildman–Crippen MR) is 81.0 cm³/mol. The fourth-order valence-corrected chi connectivity index (χ4v) is 4.08. The summed E-state index contributed by atoms with van der Waals surface area (Å²) in [5.41, 5.74) is 6.06. The van der Waals surface area contributed by atoms with Gasteiger partial charge >= 0.3 is 0 Å². The zero-order valence-electron chi connectivity index (χ0n) is 12.5. The van der Waals surface area contributed by atoms with E-state index in [-0.39, 0.29) is 16.1 Å². The number of benzene rings is 1. The number of nitrogens with zero attached hydrogens (tertiary/aromatic N) is 3. The Hall–Kier alpha value is -1.62. The number of likely N-dealkylation sites (N-methyl/N-ethyl adjacent to an activating group) is 1. The molecule has 1 aliphatic rings. The van der Waals surface area contributed by atoms with Crippen molar-refractivity contribution in [3.63, 3.8) is 0 Å². The van der Waals surface area contributed by atoms with Crippen molar-refractivity contribution < 1.29 is 8.42 Å². The zero-order valence-corrected chi connectivity index (χ0v) is 13.3. The molecule has 1 aromatic carbocycles. The molecule has 0 amide bonds. The van der Waals surface area contributed by atoms with E-state index in [0.29, 0.717) is 25.2 Å². The van der Waals surface area contributed by atoms with E-state index < -0.39 is 10.0 Å². The van der Waals surface area contributed by atoms with Gasteiger partial charge in [0.15, 0.2) is 0 Å². The lowest BCUT2D eigenvalue weighted by molar-refractivity contribution is 0.0802. The third-order valence-corrected chi connectivity index (χ3v) is 5.96. The van der Waals surface area contributed by atoms with Crippen molar-refractivity contribution in [2.45, 2.75) is 24.3 Å². The Balaban J connectivity index is 2.37. The molecule has 1 heterocycles. The average Bonchev–Trinajstić information content (AvgIpc) is 2.41. The van der Waals surface area contributed by atoms with Crippen molar-refractivity contribution in [2.24, 2.45) is 0 Å². The number of sulfonamides is 1. The molecule has 0 unspecified atom stereocenters. The first-order valence-corrected chi connectivity index (χ1v) is 8.13. The van der Waals surface area contributed by atoms with Crippen LogP contribution in [0.15, 0.2) is 23.1 Å². The summed E-state index contributed by atoms with van der Waals surface area (Å²) in [5, 5.41) is 8.83. The van der Waals surface area contributed by atoms with Gasteiger partial charge < -0.3 is 5.73 Å². The molecule has 0 radical (unpaired) electrons. The minimum Gasteiger partial charge on any atom is -0.398 e. The molecule has 7 heteroatoms. The van der Waals surface area contributed by atoms with E-state index >= 15 is 0 Å². The molecule has 1 aliphatic heterocycles. The molecule has 0 bridgehead atoms. The van der Waals surface area contributed by atoms with E-state index in [9.17, 15) is 8.42 Å². The molecule has 21 heavy (non-hydrogen) atoms. The smallest absolute Gasteiger partial charge is 0.245 e. The molecule has 0 saturated carbocycles. The first-order chi connectivity index (χ1) is 9.68. The van der Waals surface area contributed by atoms with Gasteiger partial charge in [0.05, 0.1) is 17.3 Å². The normalized spacial score (nSPS) is 20.1. The molecule has 1 saturated heterocycles. The van der Waals surface area contributed by atoms with Crippen LogP contribution in [-0.4, -0.2) is 49.8 Å². The lowest BCUT2D eigenvalue weighted by atomic mass is 10.0. The lowest BCUT2D eigenvalue weighted by Gasteiger charge is -2.44. The van der Waals surface area contributed by atoms with Gasteiger partial charge in [-0.2, -0.15) is 9.57 Å². The van der Waals surface area contributed by atoms with E-state index in [1.165, 1.54) is 22.5 Å². The Bertz CT molecular complexity index is 691. The van der Waals surface area contributed by atoms with Gasteiger partial charge in [-0.1, -0.05) is 0 Å². The quantitative estimate of drug-likeness (QED) is 0.818. The summed E-state index contributed by atoms with van der Waals surface area (Å²) in [7, 11) is -1.65. The Morgan fingerprint density at radius 2 is 2.00 bits per heavy atom. The maximum Gasteiger partial charge on any atom is 0.245 e. The highest BCUT2D eigenvalue weighted by atomic mass is 32.2. The maximum atomic E-state index is 12.7. The second kappa shape index (κ2) is 5.30. The van der Waals surface area contributed by atoms with E-state index in [1.807, 2.05) is 27.0 Å². The van der Waals surface area contributed by atoms with Gasteiger partial charge in [0, 0.05) is 25.2 Å². The first kappa shape index (κ1) is 15.8. The Labute approximate surface area is 125 Å². The molecule has 0 atom stereocenters. The van der Waals surface area contributed by atoms with Crippen molar-refractivity contribution in [3.05, 3.63) is 23.8 Å². The summed E-state index contributed by atoms with van der Waals surface area (Å²) < 4.78 is 27.0. The summed E-state index contributed by atoms with van der Waals surface area (Å²) in [4.78, 5) is 2.21. The fourth-order valence-electron chi connectivity index (χ4n) is 2.39. The van der Waals surface area contributed by atoms with E-state index in [1.54, 1.807) is 0 Å². The average molecular weight is 308 g/mol. The maximum absolute atomic E-state index is 12.7. The van der Waals surface area contributed by atoms with Crippen LogP contribution >= 0.6 is 0 Å². The molecule has 0 spiro atoms. The van der Waals surface area contributed by atoms with Crippen LogP contribution in [0.2, 0.25) is 0 Å². The molecular weight excluding hydrogens is 288 g/mol. The second-order valence-corrected chi connectivity index (χ2v) is 7.84. The van der Waals surface area contributed by atoms with Gasteiger partial charge in [0.2, 0.25) is 10.0 Å². The summed E-state index contributed by atoms with van der Waals surface area (Å²) in [6.07, 6.45) is 0. The van der Waals surface area contributed by atoms with Crippen molar-refractivity contribution >= 4 is 15.7 Å². The summed E-state index contributed by atoms with van der Waals surface area (Å²) >= 11 is 0. The summed E-state index contributed by atoms with van der Waals surface area (Å²) in [5.74, 6) is 0. The van der Waals surface area contributed by atoms with Crippen molar-refractivity contribution in [3.8, 4) is 6.07 Å². The Morgan fingerprint density at radius 3 is 2.52 bits per heavy atom. The van der Waals surface area contributed by atoms with E-state index in [2.05, 4.69) is 4.90 Å². The standard InChI is InChI=1S/C14H20N4O2S/c1-14(2)10-18(7-6-17(14)3)21(19,20)13-5-4-11(9-15)8-12(13)16/h4-5,8H,6-7,10,16H2,1-3H3. The minimum atomic E-state index is -3.64. The van der Waals surface area contributed by atoms with Crippen LogP contribution in [0.4, 0.5) is 5.69 Å². The number of hydrogen-bond donors (Lipinski definition) is 1. The summed E-state index contributed by atoms with van der Waals surface area (Å²) in [6, 6.07) is 6.23. The second-order valence-electron chi connectivity index (χ2n) is 5.94. The third kappa shape index (κ3) is 2.88. The molecule has 6 nitrogen and oxygen atoms in total. The number of nitrogen functional groups attached to an aromatic ring is 1. The highest BCUT2D eigenvalue weighted by Crippen LogP contribution is 2.28. The van der Waals surface area contributed by atoms with Gasteiger partial charge in [0.1, 0.15) is 4.90 Å². The van der Waals surface area contributed by atoms with Crippen LogP contribution in [0.5, 0.6) is 0 Å². The number of piperazine rings is 1. The monoisotopic (exact) mass is 308 g/mol. The molecular formula is C14H20N4O2S. The van der Waals surface area contributed by atoms with Crippen LogP contribution in [0.3, 0.4) is 0 Å². The number of nitriles is 1. The van der Waals surface area contributed by atoms with Crippen molar-refractivity contribution in [1.82, 2.24) is 9.21 Å². The highest BCUT2D eigenvalue weighted by molar-refractivity contribution is 7.89. The van der Waals surface area contributed by atoms with Crippen molar-refractivity contribution in [2.75, 3.05) is 32.4 Å². The number of hydrogen-bond acceptors (Lipinski definition) is 5. The van der Waals surface area contributed by atoms with E-state index in [4.69, 9.17) is 11.0 Å². The van der Waals surface area contributed by atoms with Crippen LogP contribution in [0.1, 0.15) is 19.4 Å². The molecule has 0 aliphatic carbocycles. The van der Waals surface area contributed by atoms with Gasteiger partial charge in [-0.3, -0.25) is 4.90 Å². The van der Waals surface area contributed by atoms with Gasteiger partial charge in [-0.05, 0) is 39.1 Å². The van der Waals surface area contributed by atoms with Crippen LogP contribution in [-0.2, 0) is 10.0 Å². The molecule has 0 aromatic heterocycles. The van der Waals surface area contributed by atoms with Crippen LogP contribution < -0.4 is 5.73 Å². The molecule has 2 N–H and O–H groups in total. The van der Waals surface area contributed by atoms with Gasteiger partial charge in [0.25, 0.3) is 0 Å². The fraction of sp³-hybridized carbons (Fsp3) is 0.500. The highest BCUT2D eigenvalue weighted by Gasteiger charge is 2.37. The van der Waals surface area contributed by atoms with Crippen molar-refractivity contribution in [1.29, 1.82) is 5.26 Å². The molecule has 1 fully saturated rings. The van der Waals surface area contributed by atoms with E-state index in [0.717, 1.165) is 0 Å². The van der Waals surface area contributed by atoms with Crippen LogP contribution in [0, 0.1) is 11.3 Å². The molecule has 1 aromatic rings. The first-order valence-electron chi connectivity index (χ1n) is 6.69. The van der Waals surface area contributed by atoms with Gasteiger partial charge in [-0.15, -0.1) is 0 Å². The largest absolute Gasteiger partial charge is 0.398 e. The zero-order chi connectivity index (χ0) is 15.8. The van der Waals surface area contributed by atoms with Crippen LogP contribution in [0.25, 0.3) is 0 Å². The summed E-state index contributed by atoms with van der Waals surface area (Å²) in [6.45, 7) is 5.53. The third-order valence-electron chi connectivity index (χ3n) is 4.04. The SMILES string of the molecule is CN1CCN(S(=O)(=O)c2ccc(C#N)cc2N)CC1(C)C. The lowest BCUT2D eigenvalue weighted by Crippen LogP contribution is -2.58. The number of rotatable bonds is 2. The Morgan fingerprint density at radius 1 is 1.33 bits per heavy atom. The molecule has 114 valence electrons. The molecule has 2 rings (SSSR count). The van der Waals surface area contributed by atoms with Gasteiger partial charge in [-0.25, -0.2) is 8.42 Å². The number of anilines is 1.